The molecule has 0 aliphatic carbocycles. The third-order valence-corrected chi connectivity index (χ3v) is 4.53. The number of nitrogens with zero attached hydrogens (tertiary/aromatic N) is 2. The smallest absolute Gasteiger partial charge is 0.281 e. The quantitative estimate of drug-likeness (QED) is 0.758. The zero-order valence-electron chi connectivity index (χ0n) is 13.6. The number of sulfonamides is 1. The van der Waals surface area contributed by atoms with Crippen molar-refractivity contribution in [1.29, 1.82) is 0 Å². The highest BCUT2D eigenvalue weighted by Crippen LogP contribution is 2.28. The van der Waals surface area contributed by atoms with Gasteiger partial charge in [0, 0.05) is 17.8 Å². The van der Waals surface area contributed by atoms with Gasteiger partial charge < -0.3 is 4.57 Å². The summed E-state index contributed by atoms with van der Waals surface area (Å²) < 4.78 is 50.5. The van der Waals surface area contributed by atoms with Gasteiger partial charge in [0.25, 0.3) is 6.43 Å². The third kappa shape index (κ3) is 4.40. The van der Waals surface area contributed by atoms with Gasteiger partial charge in [-0.3, -0.25) is 0 Å². The molecule has 0 saturated carbocycles. The van der Waals surface area contributed by atoms with Crippen molar-refractivity contribution in [2.75, 3.05) is 0 Å². The molecule has 2 rings (SSSR count). The lowest BCUT2D eigenvalue weighted by Gasteiger charge is -2.14. The van der Waals surface area contributed by atoms with Crippen LogP contribution in [0.2, 0.25) is 0 Å². The van der Waals surface area contributed by atoms with Gasteiger partial charge in [-0.25, -0.2) is 27.3 Å². The first-order valence-electron chi connectivity index (χ1n) is 7.52. The first kappa shape index (κ1) is 19.0. The lowest BCUT2D eigenvalue weighted by atomic mass is 10.0. The summed E-state index contributed by atoms with van der Waals surface area (Å²) in [6.45, 7) is 5.52. The van der Waals surface area contributed by atoms with Crippen LogP contribution in [0, 0.1) is 0 Å². The number of alkyl halides is 2. The molecule has 1 unspecified atom stereocenters. The number of hydrogen-bond donors (Lipinski definition) is 1. The molecule has 2 N–H and O–H groups in total. The highest BCUT2D eigenvalue weighted by Gasteiger charge is 2.21. The van der Waals surface area contributed by atoms with Gasteiger partial charge in [0.05, 0.1) is 4.90 Å². The van der Waals surface area contributed by atoms with Crippen molar-refractivity contribution in [1.82, 2.24) is 9.55 Å². The van der Waals surface area contributed by atoms with Crippen LogP contribution in [0.4, 0.5) is 8.78 Å². The first-order chi connectivity index (χ1) is 11.8. The molecule has 0 aliphatic rings. The maximum Gasteiger partial charge on any atom is 0.281 e. The van der Waals surface area contributed by atoms with Crippen molar-refractivity contribution < 1.29 is 17.2 Å². The van der Waals surface area contributed by atoms with Crippen LogP contribution in [0.15, 0.2) is 60.2 Å². The number of primary sulfonamides is 1. The number of imidazole rings is 1. The molecule has 1 heterocycles. The maximum atomic E-state index is 13.1. The molecular weight excluding hydrogens is 348 g/mol. The Morgan fingerprint density at radius 2 is 1.96 bits per heavy atom. The van der Waals surface area contributed by atoms with E-state index in [2.05, 4.69) is 11.6 Å². The van der Waals surface area contributed by atoms with Crippen molar-refractivity contribution in [3.05, 3.63) is 66.8 Å². The van der Waals surface area contributed by atoms with E-state index in [-0.39, 0.29) is 16.5 Å². The van der Waals surface area contributed by atoms with E-state index in [1.54, 1.807) is 6.08 Å². The van der Waals surface area contributed by atoms with Crippen LogP contribution in [0.25, 0.3) is 5.69 Å². The normalized spacial score (nSPS) is 13.5. The summed E-state index contributed by atoms with van der Waals surface area (Å²) in [7, 11) is -3.82. The molecule has 0 spiro atoms. The predicted octanol–water partition coefficient (Wildman–Crippen LogP) is 3.69. The number of allylic oxidation sites excluding steroid dienone is 3. The van der Waals surface area contributed by atoms with Crippen LogP contribution >= 0.6 is 0 Å². The summed E-state index contributed by atoms with van der Waals surface area (Å²) in [5.74, 6) is 0.199. The molecule has 8 heteroatoms. The Morgan fingerprint density at radius 1 is 1.32 bits per heavy atom. The molecule has 134 valence electrons. The first-order valence-corrected chi connectivity index (χ1v) is 9.06. The number of nitrogens with two attached hydrogens (primary N) is 1. The van der Waals surface area contributed by atoms with Gasteiger partial charge in [-0.1, -0.05) is 18.2 Å². The Labute approximate surface area is 145 Å². The topological polar surface area (TPSA) is 78.0 Å². The van der Waals surface area contributed by atoms with Crippen molar-refractivity contribution in [3.63, 3.8) is 0 Å². The van der Waals surface area contributed by atoms with Crippen molar-refractivity contribution in [2.24, 2.45) is 5.14 Å². The van der Waals surface area contributed by atoms with Gasteiger partial charge in [0.15, 0.2) is 0 Å². The van der Waals surface area contributed by atoms with E-state index in [0.29, 0.717) is 17.9 Å². The minimum atomic E-state index is -3.82. The van der Waals surface area contributed by atoms with Crippen LogP contribution in [0.1, 0.15) is 37.2 Å². The Morgan fingerprint density at radius 3 is 2.44 bits per heavy atom. The summed E-state index contributed by atoms with van der Waals surface area (Å²) >= 11 is 0. The fraction of sp³-hybridized carbons (Fsp3) is 0.235. The molecule has 0 amide bonds. The third-order valence-electron chi connectivity index (χ3n) is 3.60. The van der Waals surface area contributed by atoms with Gasteiger partial charge >= 0.3 is 0 Å². The van der Waals surface area contributed by atoms with Gasteiger partial charge in [-0.05, 0) is 37.6 Å². The van der Waals surface area contributed by atoms with Gasteiger partial charge in [-0.2, -0.15) is 0 Å². The molecule has 1 atom stereocenters. The Balaban J connectivity index is 2.57. The molecule has 1 aromatic carbocycles. The zero-order valence-corrected chi connectivity index (χ0v) is 14.5. The molecule has 25 heavy (non-hydrogen) atoms. The number of benzene rings is 1. The zero-order chi connectivity index (χ0) is 18.6. The predicted molar refractivity (Wildman–Crippen MR) is 92.3 cm³/mol. The van der Waals surface area contributed by atoms with E-state index in [1.165, 1.54) is 35.0 Å². The number of halogens is 2. The van der Waals surface area contributed by atoms with E-state index in [0.717, 1.165) is 0 Å². The Bertz CT molecular complexity index is 872. The second-order valence-electron chi connectivity index (χ2n) is 5.39. The molecule has 5 nitrogen and oxygen atoms in total. The molecular formula is C17H19F2N3O2S. The van der Waals surface area contributed by atoms with Gasteiger partial charge in [0.2, 0.25) is 10.0 Å². The summed E-state index contributed by atoms with van der Waals surface area (Å²) in [6.07, 6.45) is 4.44. The van der Waals surface area contributed by atoms with Crippen LogP contribution in [0.5, 0.6) is 0 Å². The Kier molecular flexibility index (Phi) is 5.86. The second-order valence-corrected chi connectivity index (χ2v) is 6.95. The minimum Gasteiger partial charge on any atom is -0.303 e. The van der Waals surface area contributed by atoms with E-state index < -0.39 is 16.4 Å². The average Bonchev–Trinajstić information content (AvgIpc) is 2.99. The standard InChI is InChI=1S/C17H19F2N3O2S/c1-3-5-12(6-4-2)17-21-15(16(18)19)11-22(17)13-7-9-14(10-8-13)25(20,23)24/h3-4,6-12,16H,1,5H2,2H3,(H2,20,23,24)/b6-4+. The van der Waals surface area contributed by atoms with Crippen LogP contribution in [-0.4, -0.2) is 18.0 Å². The molecule has 1 aromatic heterocycles. The SMILES string of the molecule is C=CCC(/C=C/C)c1nc(C(F)F)cn1-c1ccc(S(N)(=O)=O)cc1. The average molecular weight is 367 g/mol. The van der Waals surface area contributed by atoms with Crippen LogP contribution in [-0.2, 0) is 10.0 Å². The van der Waals surface area contributed by atoms with E-state index in [4.69, 9.17) is 5.14 Å². The molecule has 0 aliphatic heterocycles. The van der Waals surface area contributed by atoms with Gasteiger partial charge in [0.1, 0.15) is 11.5 Å². The number of aromatic nitrogens is 2. The van der Waals surface area contributed by atoms with Gasteiger partial charge in [-0.15, -0.1) is 6.58 Å². The Hall–Kier alpha value is -2.32. The second kappa shape index (κ2) is 7.71. The highest BCUT2D eigenvalue weighted by atomic mass is 32.2. The van der Waals surface area contributed by atoms with Crippen molar-refractivity contribution >= 4 is 10.0 Å². The summed E-state index contributed by atoms with van der Waals surface area (Å²) in [5, 5.41) is 5.08. The lowest BCUT2D eigenvalue weighted by Crippen LogP contribution is -2.12. The van der Waals surface area contributed by atoms with Crippen LogP contribution in [0.3, 0.4) is 0 Å². The largest absolute Gasteiger partial charge is 0.303 e. The number of rotatable bonds is 7. The fourth-order valence-corrected chi connectivity index (χ4v) is 2.98. The van der Waals surface area contributed by atoms with E-state index >= 15 is 0 Å². The van der Waals surface area contributed by atoms with E-state index in [1.807, 2.05) is 19.1 Å². The monoisotopic (exact) mass is 367 g/mol. The summed E-state index contributed by atoms with van der Waals surface area (Å²) in [5.41, 5.74) is 0.171. The van der Waals surface area contributed by atoms with Crippen LogP contribution < -0.4 is 5.14 Å². The highest BCUT2D eigenvalue weighted by molar-refractivity contribution is 7.89. The van der Waals surface area contributed by atoms with E-state index in [9.17, 15) is 17.2 Å². The number of hydrogen-bond acceptors (Lipinski definition) is 3. The molecule has 0 bridgehead atoms. The molecule has 0 fully saturated rings. The molecule has 0 radical (unpaired) electrons. The summed E-state index contributed by atoms with van der Waals surface area (Å²) in [4.78, 5) is 4.01. The van der Waals surface area contributed by atoms with Crippen molar-refractivity contribution in [2.45, 2.75) is 30.6 Å². The minimum absolute atomic E-state index is 0.0527. The summed E-state index contributed by atoms with van der Waals surface area (Å²) in [6, 6.07) is 5.66. The fourth-order valence-electron chi connectivity index (χ4n) is 2.47. The molecule has 0 saturated heterocycles. The lowest BCUT2D eigenvalue weighted by molar-refractivity contribution is 0.146. The van der Waals surface area contributed by atoms with Crippen molar-refractivity contribution in [3.8, 4) is 5.69 Å². The molecule has 2 aromatic rings. The maximum absolute atomic E-state index is 13.1.